The Labute approximate surface area is 118 Å². The molecule has 1 aromatic carbocycles. The lowest BCUT2D eigenvalue weighted by molar-refractivity contribution is -0.137. The zero-order chi connectivity index (χ0) is 14.8. The first-order valence-electron chi connectivity index (χ1n) is 5.78. The molecular weight excluding hydrogens is 293 g/mol. The molecular formula is C13H12ClF3N2O. The summed E-state index contributed by atoms with van der Waals surface area (Å²) in [6, 6.07) is 6.21. The molecule has 1 atom stereocenters. The molecule has 0 saturated heterocycles. The van der Waals surface area contributed by atoms with Gasteiger partial charge in [-0.2, -0.15) is 13.2 Å². The first-order chi connectivity index (χ1) is 9.40. The molecule has 0 spiro atoms. The summed E-state index contributed by atoms with van der Waals surface area (Å²) in [5.41, 5.74) is 5.01. The molecule has 1 unspecified atom stereocenters. The number of nitrogens with one attached hydrogen (secondary N) is 1. The molecule has 0 bridgehead atoms. The molecule has 2 rings (SSSR count). The SMILES string of the molecule is NCC(Nc1cc(Cl)cc(C(F)(F)F)c1)c1ccco1. The third kappa shape index (κ3) is 3.46. The van der Waals surface area contributed by atoms with Crippen LogP contribution in [0.5, 0.6) is 0 Å². The summed E-state index contributed by atoms with van der Waals surface area (Å²) in [4.78, 5) is 0. The summed E-state index contributed by atoms with van der Waals surface area (Å²) in [5, 5.41) is 2.88. The number of rotatable bonds is 4. The highest BCUT2D eigenvalue weighted by atomic mass is 35.5. The van der Waals surface area contributed by atoms with Crippen LogP contribution in [0.25, 0.3) is 0 Å². The summed E-state index contributed by atoms with van der Waals surface area (Å²) in [5.74, 6) is 0.543. The molecule has 0 aliphatic rings. The van der Waals surface area contributed by atoms with Gasteiger partial charge in [-0.15, -0.1) is 0 Å². The molecule has 3 N–H and O–H groups in total. The van der Waals surface area contributed by atoms with E-state index in [9.17, 15) is 13.2 Å². The van der Waals surface area contributed by atoms with Crippen molar-refractivity contribution >= 4 is 17.3 Å². The number of hydrogen-bond donors (Lipinski definition) is 2. The Morgan fingerprint density at radius 2 is 2.05 bits per heavy atom. The van der Waals surface area contributed by atoms with Crippen LogP contribution in [0.4, 0.5) is 18.9 Å². The maximum Gasteiger partial charge on any atom is 0.416 e. The topological polar surface area (TPSA) is 51.2 Å². The molecule has 0 fully saturated rings. The van der Waals surface area contributed by atoms with Crippen LogP contribution >= 0.6 is 11.6 Å². The highest BCUT2D eigenvalue weighted by Gasteiger charge is 2.31. The average Bonchev–Trinajstić information content (AvgIpc) is 2.88. The maximum atomic E-state index is 12.7. The molecule has 0 saturated carbocycles. The van der Waals surface area contributed by atoms with Crippen LogP contribution in [0.2, 0.25) is 5.02 Å². The fraction of sp³-hybridized carbons (Fsp3) is 0.231. The highest BCUT2D eigenvalue weighted by molar-refractivity contribution is 6.30. The van der Waals surface area contributed by atoms with E-state index in [0.717, 1.165) is 12.1 Å². The van der Waals surface area contributed by atoms with Crippen molar-refractivity contribution < 1.29 is 17.6 Å². The van der Waals surface area contributed by atoms with Crippen molar-refractivity contribution in [2.75, 3.05) is 11.9 Å². The van der Waals surface area contributed by atoms with Crippen molar-refractivity contribution in [1.29, 1.82) is 0 Å². The normalized spacial score (nSPS) is 13.2. The number of furan rings is 1. The van der Waals surface area contributed by atoms with Crippen molar-refractivity contribution in [1.82, 2.24) is 0 Å². The van der Waals surface area contributed by atoms with Gasteiger partial charge >= 0.3 is 6.18 Å². The van der Waals surface area contributed by atoms with Gasteiger partial charge in [-0.05, 0) is 30.3 Å². The highest BCUT2D eigenvalue weighted by Crippen LogP contribution is 2.34. The summed E-state index contributed by atoms with van der Waals surface area (Å²) in [6.07, 6.45) is -2.98. The summed E-state index contributed by atoms with van der Waals surface area (Å²) in [7, 11) is 0. The number of benzene rings is 1. The van der Waals surface area contributed by atoms with Crippen molar-refractivity contribution in [2.45, 2.75) is 12.2 Å². The van der Waals surface area contributed by atoms with Crippen LogP contribution in [0.15, 0.2) is 41.0 Å². The van der Waals surface area contributed by atoms with E-state index in [2.05, 4.69) is 5.32 Å². The summed E-state index contributed by atoms with van der Waals surface area (Å²) < 4.78 is 43.3. The third-order valence-corrected chi connectivity index (χ3v) is 2.91. The first kappa shape index (κ1) is 14.7. The Bertz CT molecular complexity index is 569. The predicted octanol–water partition coefficient (Wildman–Crippen LogP) is 4.06. The van der Waals surface area contributed by atoms with Crippen LogP contribution in [0, 0.1) is 0 Å². The quantitative estimate of drug-likeness (QED) is 0.895. The monoisotopic (exact) mass is 304 g/mol. The van der Waals surface area contributed by atoms with Gasteiger partial charge < -0.3 is 15.5 Å². The lowest BCUT2D eigenvalue weighted by Crippen LogP contribution is -2.20. The zero-order valence-electron chi connectivity index (χ0n) is 10.2. The molecule has 20 heavy (non-hydrogen) atoms. The van der Waals surface area contributed by atoms with Crippen LogP contribution in [0.3, 0.4) is 0 Å². The van der Waals surface area contributed by atoms with Gasteiger partial charge in [-0.3, -0.25) is 0 Å². The van der Waals surface area contributed by atoms with E-state index in [1.807, 2.05) is 0 Å². The Balaban J connectivity index is 2.27. The number of halogens is 4. The molecule has 1 heterocycles. The van der Waals surface area contributed by atoms with Crippen molar-refractivity contribution in [3.8, 4) is 0 Å². The van der Waals surface area contributed by atoms with Crippen molar-refractivity contribution in [3.63, 3.8) is 0 Å². The Morgan fingerprint density at radius 3 is 2.60 bits per heavy atom. The van der Waals surface area contributed by atoms with Crippen molar-refractivity contribution in [2.24, 2.45) is 5.73 Å². The van der Waals surface area contributed by atoms with Gasteiger partial charge in [0.25, 0.3) is 0 Å². The molecule has 3 nitrogen and oxygen atoms in total. The van der Waals surface area contributed by atoms with Crippen LogP contribution in [-0.4, -0.2) is 6.54 Å². The third-order valence-electron chi connectivity index (χ3n) is 2.69. The fourth-order valence-corrected chi connectivity index (χ4v) is 2.01. The van der Waals surface area contributed by atoms with Gasteiger partial charge in [0.05, 0.1) is 17.9 Å². The summed E-state index contributed by atoms with van der Waals surface area (Å²) in [6.45, 7) is 0.168. The zero-order valence-corrected chi connectivity index (χ0v) is 11.0. The van der Waals surface area contributed by atoms with E-state index in [-0.39, 0.29) is 17.3 Å². The smallest absolute Gasteiger partial charge is 0.416 e. The van der Waals surface area contributed by atoms with Crippen LogP contribution in [0.1, 0.15) is 17.4 Å². The molecule has 7 heteroatoms. The van der Waals surface area contributed by atoms with Gasteiger partial charge in [-0.25, -0.2) is 0 Å². The second kappa shape index (κ2) is 5.76. The van der Waals surface area contributed by atoms with E-state index in [4.69, 9.17) is 21.8 Å². The average molecular weight is 305 g/mol. The van der Waals surface area contributed by atoms with E-state index in [0.29, 0.717) is 5.76 Å². The van der Waals surface area contributed by atoms with E-state index in [1.165, 1.54) is 12.3 Å². The van der Waals surface area contributed by atoms with E-state index >= 15 is 0 Å². The largest absolute Gasteiger partial charge is 0.467 e. The number of anilines is 1. The lowest BCUT2D eigenvalue weighted by atomic mass is 10.1. The minimum absolute atomic E-state index is 0.00228. The van der Waals surface area contributed by atoms with Gasteiger partial charge in [0.1, 0.15) is 5.76 Å². The van der Waals surface area contributed by atoms with E-state index in [1.54, 1.807) is 12.1 Å². The molecule has 0 aliphatic heterocycles. The standard InChI is InChI=1S/C13H12ClF3N2O/c14-9-4-8(13(15,16)17)5-10(6-9)19-11(7-18)12-2-1-3-20-12/h1-6,11,19H,7,18H2. The maximum absolute atomic E-state index is 12.7. The van der Waals surface area contributed by atoms with Crippen molar-refractivity contribution in [3.05, 3.63) is 52.9 Å². The van der Waals surface area contributed by atoms with Crippen LogP contribution < -0.4 is 11.1 Å². The Kier molecular flexibility index (Phi) is 4.25. The van der Waals surface area contributed by atoms with Gasteiger partial charge in [0.2, 0.25) is 0 Å². The Hall–Kier alpha value is -1.66. The molecule has 0 radical (unpaired) electrons. The molecule has 1 aromatic heterocycles. The molecule has 0 amide bonds. The van der Waals surface area contributed by atoms with Gasteiger partial charge in [0.15, 0.2) is 0 Å². The molecule has 2 aromatic rings. The first-order valence-corrected chi connectivity index (χ1v) is 6.15. The van der Waals surface area contributed by atoms with Gasteiger partial charge in [0, 0.05) is 17.3 Å². The lowest BCUT2D eigenvalue weighted by Gasteiger charge is -2.17. The second-order valence-corrected chi connectivity index (χ2v) is 4.61. The predicted molar refractivity (Wildman–Crippen MR) is 70.6 cm³/mol. The number of nitrogens with two attached hydrogens (primary N) is 1. The fourth-order valence-electron chi connectivity index (χ4n) is 1.77. The van der Waals surface area contributed by atoms with E-state index < -0.39 is 17.8 Å². The Morgan fingerprint density at radius 1 is 1.30 bits per heavy atom. The van der Waals surface area contributed by atoms with Gasteiger partial charge in [-0.1, -0.05) is 11.6 Å². The second-order valence-electron chi connectivity index (χ2n) is 4.17. The minimum atomic E-state index is -4.45. The van der Waals surface area contributed by atoms with Crippen LogP contribution in [-0.2, 0) is 6.18 Å². The minimum Gasteiger partial charge on any atom is -0.467 e. The molecule has 0 aliphatic carbocycles. The summed E-state index contributed by atoms with van der Waals surface area (Å²) >= 11 is 5.71. The molecule has 108 valence electrons. The number of alkyl halides is 3. The number of hydrogen-bond acceptors (Lipinski definition) is 3.